The fourth-order valence-electron chi connectivity index (χ4n) is 1.48. The molecule has 0 aromatic carbocycles. The van der Waals surface area contributed by atoms with Crippen LogP contribution in [0.1, 0.15) is 33.6 Å². The highest BCUT2D eigenvalue weighted by atomic mass is 32.2. The zero-order chi connectivity index (χ0) is 21.0. The van der Waals surface area contributed by atoms with E-state index in [9.17, 15) is 35.6 Å². The van der Waals surface area contributed by atoms with Crippen molar-refractivity contribution in [1.82, 2.24) is 0 Å². The maximum atomic E-state index is 13.4. The molecule has 0 fully saturated rings. The number of halogens is 4. The molecule has 0 aliphatic carbocycles. The molecule has 0 saturated heterocycles. The van der Waals surface area contributed by atoms with E-state index in [1.807, 2.05) is 0 Å². The minimum Gasteiger partial charge on any atom is -0.464 e. The van der Waals surface area contributed by atoms with Crippen LogP contribution in [0.3, 0.4) is 0 Å². The Bertz CT molecular complexity index is 622. The van der Waals surface area contributed by atoms with E-state index in [-0.39, 0.29) is 0 Å². The molecule has 26 heavy (non-hydrogen) atoms. The van der Waals surface area contributed by atoms with Crippen LogP contribution in [0.25, 0.3) is 0 Å². The van der Waals surface area contributed by atoms with Crippen LogP contribution in [0.5, 0.6) is 0 Å². The van der Waals surface area contributed by atoms with Crippen molar-refractivity contribution in [1.29, 1.82) is 0 Å². The number of esters is 2. The third-order valence-electron chi connectivity index (χ3n) is 3.41. The van der Waals surface area contributed by atoms with E-state index in [2.05, 4.69) is 9.47 Å². The molecule has 0 spiro atoms. The number of alkyl halides is 4. The molecule has 0 heterocycles. The molecule has 154 valence electrons. The molecule has 0 aliphatic rings. The largest absolute Gasteiger partial charge is 0.464 e. The van der Waals surface area contributed by atoms with Gasteiger partial charge in [-0.05, 0) is 6.42 Å². The Morgan fingerprint density at radius 1 is 1.19 bits per heavy atom. The van der Waals surface area contributed by atoms with E-state index in [1.54, 1.807) is 6.92 Å². The van der Waals surface area contributed by atoms with Gasteiger partial charge in [0, 0.05) is 13.3 Å². The van der Waals surface area contributed by atoms with Crippen molar-refractivity contribution in [2.24, 2.45) is 5.92 Å². The lowest BCUT2D eigenvalue weighted by atomic mass is 10.1. The Kier molecular flexibility index (Phi) is 8.00. The predicted molar refractivity (Wildman–Crippen MR) is 78.0 cm³/mol. The lowest BCUT2D eigenvalue weighted by Gasteiger charge is -2.29. The molecule has 0 radical (unpaired) electrons. The van der Waals surface area contributed by atoms with Gasteiger partial charge in [0.25, 0.3) is 0 Å². The first kappa shape index (κ1) is 24.5. The standard InChI is InChI=1S/C13H20F4O8S/c1-5-8(2)9(18)25-11(3,10(19)23-4)24-7-6-12(14,15)13(16,17)26(20,21)22/h8H,5-7H2,1-4H3,(H,20,21,22). The maximum Gasteiger partial charge on any atom is 0.431 e. The molecule has 0 saturated carbocycles. The van der Waals surface area contributed by atoms with Gasteiger partial charge in [0.2, 0.25) is 0 Å². The van der Waals surface area contributed by atoms with Gasteiger partial charge >= 0.3 is 39.0 Å². The van der Waals surface area contributed by atoms with Gasteiger partial charge in [-0.1, -0.05) is 13.8 Å². The van der Waals surface area contributed by atoms with Crippen LogP contribution in [0, 0.1) is 5.92 Å². The smallest absolute Gasteiger partial charge is 0.431 e. The molecular formula is C13H20F4O8S. The lowest BCUT2D eigenvalue weighted by molar-refractivity contribution is -0.245. The SMILES string of the molecule is CCC(C)C(=O)OC(C)(OCCC(F)(F)C(F)(F)S(=O)(=O)O)C(=O)OC. The Hall–Kier alpha value is -1.47. The first-order chi connectivity index (χ1) is 11.6. The van der Waals surface area contributed by atoms with Crippen LogP contribution in [-0.2, 0) is 33.9 Å². The highest BCUT2D eigenvalue weighted by molar-refractivity contribution is 7.87. The summed E-state index contributed by atoms with van der Waals surface area (Å²) in [4.78, 5) is 23.5. The van der Waals surface area contributed by atoms with E-state index in [0.717, 1.165) is 14.0 Å². The number of hydrogen-bond donors (Lipinski definition) is 1. The van der Waals surface area contributed by atoms with E-state index in [0.29, 0.717) is 6.42 Å². The highest BCUT2D eigenvalue weighted by Gasteiger charge is 2.65. The number of hydrogen-bond acceptors (Lipinski definition) is 7. The normalized spacial score (nSPS) is 16.5. The molecule has 2 unspecified atom stereocenters. The average molecular weight is 412 g/mol. The van der Waals surface area contributed by atoms with Crippen molar-refractivity contribution in [2.75, 3.05) is 13.7 Å². The number of carbonyl (C=O) groups excluding carboxylic acids is 2. The average Bonchev–Trinajstić information content (AvgIpc) is 2.51. The van der Waals surface area contributed by atoms with Crippen molar-refractivity contribution in [2.45, 2.75) is 50.6 Å². The van der Waals surface area contributed by atoms with Crippen molar-refractivity contribution in [3.8, 4) is 0 Å². The third-order valence-corrected chi connectivity index (χ3v) is 4.36. The molecular weight excluding hydrogens is 392 g/mol. The molecule has 0 rings (SSSR count). The summed E-state index contributed by atoms with van der Waals surface area (Å²) in [5.74, 6) is -10.7. The van der Waals surface area contributed by atoms with Crippen LogP contribution in [-0.4, -0.2) is 55.6 Å². The van der Waals surface area contributed by atoms with Crippen molar-refractivity contribution in [3.05, 3.63) is 0 Å². The number of methoxy groups -OCH3 is 1. The molecule has 0 amide bonds. The van der Waals surface area contributed by atoms with E-state index in [4.69, 9.17) is 9.29 Å². The minimum atomic E-state index is -6.40. The third kappa shape index (κ3) is 5.51. The summed E-state index contributed by atoms with van der Waals surface area (Å²) in [5, 5.41) is -5.78. The summed E-state index contributed by atoms with van der Waals surface area (Å²) in [6.45, 7) is 2.59. The summed E-state index contributed by atoms with van der Waals surface area (Å²) < 4.78 is 95.8. The Morgan fingerprint density at radius 3 is 2.08 bits per heavy atom. The Balaban J connectivity index is 5.24. The maximum absolute atomic E-state index is 13.4. The zero-order valence-corrected chi connectivity index (χ0v) is 15.2. The monoisotopic (exact) mass is 412 g/mol. The van der Waals surface area contributed by atoms with Crippen LogP contribution in [0.15, 0.2) is 0 Å². The zero-order valence-electron chi connectivity index (χ0n) is 14.4. The molecule has 0 aromatic heterocycles. The molecule has 1 N–H and O–H groups in total. The van der Waals surface area contributed by atoms with Gasteiger partial charge in [-0.15, -0.1) is 0 Å². The Labute approximate surface area is 147 Å². The Morgan fingerprint density at radius 2 is 1.69 bits per heavy atom. The summed E-state index contributed by atoms with van der Waals surface area (Å²) >= 11 is 0. The summed E-state index contributed by atoms with van der Waals surface area (Å²) in [6, 6.07) is 0. The van der Waals surface area contributed by atoms with E-state index >= 15 is 0 Å². The quantitative estimate of drug-likeness (QED) is 0.251. The highest BCUT2D eigenvalue weighted by Crippen LogP contribution is 2.40. The topological polar surface area (TPSA) is 116 Å². The molecule has 2 atom stereocenters. The van der Waals surface area contributed by atoms with Crippen LogP contribution < -0.4 is 0 Å². The van der Waals surface area contributed by atoms with Gasteiger partial charge in [0.1, 0.15) is 0 Å². The molecule has 0 bridgehead atoms. The van der Waals surface area contributed by atoms with Crippen LogP contribution >= 0.6 is 0 Å². The predicted octanol–water partition coefficient (Wildman–Crippen LogP) is 1.99. The minimum absolute atomic E-state index is 0.314. The second-order valence-electron chi connectivity index (χ2n) is 5.46. The fraction of sp³-hybridized carbons (Fsp3) is 0.846. The van der Waals surface area contributed by atoms with E-state index < -0.39 is 58.0 Å². The number of rotatable bonds is 10. The summed E-state index contributed by atoms with van der Waals surface area (Å²) in [5.41, 5.74) is 0. The second kappa shape index (κ2) is 8.48. The van der Waals surface area contributed by atoms with Gasteiger partial charge in [-0.25, -0.2) is 4.79 Å². The second-order valence-corrected chi connectivity index (χ2v) is 6.93. The molecule has 13 heteroatoms. The van der Waals surface area contributed by atoms with Crippen molar-refractivity contribution in [3.63, 3.8) is 0 Å². The fourth-order valence-corrected chi connectivity index (χ4v) is 1.96. The van der Waals surface area contributed by atoms with Gasteiger partial charge in [0.05, 0.1) is 19.6 Å². The van der Waals surface area contributed by atoms with Crippen molar-refractivity contribution >= 4 is 22.1 Å². The number of ether oxygens (including phenoxy) is 3. The van der Waals surface area contributed by atoms with Crippen LogP contribution in [0.4, 0.5) is 17.6 Å². The molecule has 8 nitrogen and oxygen atoms in total. The first-order valence-corrected chi connectivity index (χ1v) is 8.67. The van der Waals surface area contributed by atoms with Gasteiger partial charge in [0.15, 0.2) is 0 Å². The summed E-state index contributed by atoms with van der Waals surface area (Å²) in [7, 11) is -5.52. The van der Waals surface area contributed by atoms with Gasteiger partial charge < -0.3 is 14.2 Å². The lowest BCUT2D eigenvalue weighted by Crippen LogP contribution is -2.49. The van der Waals surface area contributed by atoms with Crippen LogP contribution in [0.2, 0.25) is 0 Å². The van der Waals surface area contributed by atoms with E-state index in [1.165, 1.54) is 6.92 Å². The molecule has 0 aliphatic heterocycles. The van der Waals surface area contributed by atoms with Gasteiger partial charge in [-0.2, -0.15) is 26.0 Å². The van der Waals surface area contributed by atoms with Gasteiger partial charge in [-0.3, -0.25) is 9.35 Å². The summed E-state index contributed by atoms with van der Waals surface area (Å²) in [6.07, 6.45) is -1.60. The molecule has 0 aromatic rings. The first-order valence-electron chi connectivity index (χ1n) is 7.23. The van der Waals surface area contributed by atoms with Crippen molar-refractivity contribution < 1.29 is 54.3 Å². The number of carbonyl (C=O) groups is 2.